The molecule has 1 saturated carbocycles. The molecule has 13 heavy (non-hydrogen) atoms. The standard InChI is InChI=1S/C9H12O4/c10-6-4-9(5-6,8(11)12)7-2-1-3-13-7/h7H,1-5H2,(H,11,12). The molecule has 4 nitrogen and oxygen atoms in total. The number of carboxylic acids is 1. The first kappa shape index (κ1) is 8.69. The second-order valence-electron chi connectivity index (χ2n) is 3.86. The summed E-state index contributed by atoms with van der Waals surface area (Å²) in [5.74, 6) is -0.836. The molecule has 1 N–H and O–H groups in total. The van der Waals surface area contributed by atoms with Gasteiger partial charge in [0.25, 0.3) is 0 Å². The summed E-state index contributed by atoms with van der Waals surface area (Å²) in [5, 5.41) is 9.03. The molecule has 1 heterocycles. The summed E-state index contributed by atoms with van der Waals surface area (Å²) in [6.45, 7) is 0.633. The van der Waals surface area contributed by atoms with Crippen LogP contribution in [0.5, 0.6) is 0 Å². The van der Waals surface area contributed by atoms with Crippen LogP contribution in [0.25, 0.3) is 0 Å². The summed E-state index contributed by atoms with van der Waals surface area (Å²) in [6.07, 6.45) is 1.77. The second-order valence-corrected chi connectivity index (χ2v) is 3.86. The van der Waals surface area contributed by atoms with Gasteiger partial charge in [-0.1, -0.05) is 0 Å². The Morgan fingerprint density at radius 3 is 2.62 bits per heavy atom. The Kier molecular flexibility index (Phi) is 1.87. The molecule has 1 saturated heterocycles. The Labute approximate surface area is 75.9 Å². The maximum Gasteiger partial charge on any atom is 0.313 e. The largest absolute Gasteiger partial charge is 0.481 e. The van der Waals surface area contributed by atoms with Gasteiger partial charge in [0.1, 0.15) is 11.2 Å². The lowest BCUT2D eigenvalue weighted by atomic mass is 9.63. The Hall–Kier alpha value is -0.900. The molecule has 2 fully saturated rings. The maximum atomic E-state index is 11.0. The van der Waals surface area contributed by atoms with Gasteiger partial charge >= 0.3 is 5.97 Å². The highest BCUT2D eigenvalue weighted by Gasteiger charge is 2.56. The summed E-state index contributed by atoms with van der Waals surface area (Å²) in [5.41, 5.74) is -0.881. The number of hydrogen-bond acceptors (Lipinski definition) is 3. The van der Waals surface area contributed by atoms with Crippen molar-refractivity contribution < 1.29 is 19.4 Å². The topological polar surface area (TPSA) is 63.6 Å². The Balaban J connectivity index is 2.14. The van der Waals surface area contributed by atoms with E-state index in [1.54, 1.807) is 0 Å². The van der Waals surface area contributed by atoms with E-state index < -0.39 is 11.4 Å². The molecule has 0 spiro atoms. The van der Waals surface area contributed by atoms with E-state index in [2.05, 4.69) is 0 Å². The maximum absolute atomic E-state index is 11.0. The van der Waals surface area contributed by atoms with Gasteiger partial charge in [0.15, 0.2) is 0 Å². The third-order valence-corrected chi connectivity index (χ3v) is 3.00. The molecule has 0 radical (unpaired) electrons. The van der Waals surface area contributed by atoms with Crippen LogP contribution in [0.2, 0.25) is 0 Å². The average molecular weight is 184 g/mol. The van der Waals surface area contributed by atoms with Gasteiger partial charge in [-0.25, -0.2) is 0 Å². The Bertz CT molecular complexity index is 244. The third kappa shape index (κ3) is 1.16. The predicted octanol–water partition coefficient (Wildman–Crippen LogP) is 0.599. The van der Waals surface area contributed by atoms with Crippen molar-refractivity contribution in [2.45, 2.75) is 31.8 Å². The monoisotopic (exact) mass is 184 g/mol. The highest BCUT2D eigenvalue weighted by Crippen LogP contribution is 2.46. The van der Waals surface area contributed by atoms with Crippen LogP contribution in [0.4, 0.5) is 0 Å². The molecule has 1 atom stereocenters. The van der Waals surface area contributed by atoms with Gasteiger partial charge in [-0.2, -0.15) is 0 Å². The molecule has 0 aromatic carbocycles. The van der Waals surface area contributed by atoms with Crippen molar-refractivity contribution in [3.05, 3.63) is 0 Å². The number of ether oxygens (including phenoxy) is 1. The van der Waals surface area contributed by atoms with Crippen LogP contribution in [-0.2, 0) is 14.3 Å². The fourth-order valence-corrected chi connectivity index (χ4v) is 2.18. The van der Waals surface area contributed by atoms with Crippen LogP contribution in [0.1, 0.15) is 25.7 Å². The first-order valence-corrected chi connectivity index (χ1v) is 4.52. The highest BCUT2D eigenvalue weighted by atomic mass is 16.5. The average Bonchev–Trinajstić information content (AvgIpc) is 2.49. The minimum Gasteiger partial charge on any atom is -0.481 e. The highest BCUT2D eigenvalue weighted by molar-refractivity contribution is 5.97. The normalized spacial score (nSPS) is 31.4. The Morgan fingerprint density at radius 2 is 2.23 bits per heavy atom. The minimum atomic E-state index is -0.881. The van der Waals surface area contributed by atoms with Gasteiger partial charge in [0, 0.05) is 19.4 Å². The lowest BCUT2D eigenvalue weighted by molar-refractivity contribution is -0.172. The van der Waals surface area contributed by atoms with Crippen molar-refractivity contribution in [3.8, 4) is 0 Å². The molecule has 0 aromatic heterocycles. The van der Waals surface area contributed by atoms with E-state index in [4.69, 9.17) is 9.84 Å². The summed E-state index contributed by atoms with van der Waals surface area (Å²) >= 11 is 0. The van der Waals surface area contributed by atoms with Crippen molar-refractivity contribution in [2.75, 3.05) is 6.61 Å². The number of rotatable bonds is 2. The molecule has 2 aliphatic rings. The van der Waals surface area contributed by atoms with Gasteiger partial charge in [-0.05, 0) is 12.8 Å². The van der Waals surface area contributed by atoms with E-state index >= 15 is 0 Å². The first-order chi connectivity index (χ1) is 6.15. The van der Waals surface area contributed by atoms with Crippen LogP contribution < -0.4 is 0 Å². The fourth-order valence-electron chi connectivity index (χ4n) is 2.18. The number of hydrogen-bond donors (Lipinski definition) is 1. The predicted molar refractivity (Wildman–Crippen MR) is 43.3 cm³/mol. The van der Waals surface area contributed by atoms with Crippen molar-refractivity contribution >= 4 is 11.8 Å². The first-order valence-electron chi connectivity index (χ1n) is 4.52. The summed E-state index contributed by atoms with van der Waals surface area (Å²) in [6, 6.07) is 0. The molecular weight excluding hydrogens is 172 g/mol. The number of aliphatic carboxylic acids is 1. The molecule has 1 aliphatic carbocycles. The molecule has 1 unspecified atom stereocenters. The number of carbonyl (C=O) groups excluding carboxylic acids is 1. The molecule has 0 aromatic rings. The van der Waals surface area contributed by atoms with Crippen LogP contribution in [0.15, 0.2) is 0 Å². The van der Waals surface area contributed by atoms with Crippen molar-refractivity contribution in [1.82, 2.24) is 0 Å². The molecule has 72 valence electrons. The fraction of sp³-hybridized carbons (Fsp3) is 0.778. The number of carbonyl (C=O) groups is 2. The lowest BCUT2D eigenvalue weighted by Gasteiger charge is -2.40. The van der Waals surface area contributed by atoms with E-state index in [1.807, 2.05) is 0 Å². The smallest absolute Gasteiger partial charge is 0.313 e. The quantitative estimate of drug-likeness (QED) is 0.682. The number of carboxylic acid groups (broad SMARTS) is 1. The van der Waals surface area contributed by atoms with E-state index in [1.165, 1.54) is 0 Å². The van der Waals surface area contributed by atoms with Crippen LogP contribution in [0, 0.1) is 5.41 Å². The minimum absolute atomic E-state index is 0.0397. The van der Waals surface area contributed by atoms with Gasteiger partial charge in [-0.3, -0.25) is 9.59 Å². The molecule has 0 bridgehead atoms. The molecule has 2 rings (SSSR count). The van der Waals surface area contributed by atoms with Crippen molar-refractivity contribution in [1.29, 1.82) is 0 Å². The molecule has 4 heteroatoms. The van der Waals surface area contributed by atoms with Gasteiger partial charge in [0.05, 0.1) is 6.10 Å². The summed E-state index contributed by atoms with van der Waals surface area (Å²) in [4.78, 5) is 21.9. The van der Waals surface area contributed by atoms with Gasteiger partial charge in [0.2, 0.25) is 0 Å². The lowest BCUT2D eigenvalue weighted by Crippen LogP contribution is -2.52. The zero-order valence-corrected chi connectivity index (χ0v) is 7.28. The summed E-state index contributed by atoms with van der Waals surface area (Å²) < 4.78 is 5.34. The van der Waals surface area contributed by atoms with Crippen molar-refractivity contribution in [2.24, 2.45) is 5.41 Å². The molecular formula is C9H12O4. The van der Waals surface area contributed by atoms with Gasteiger partial charge in [-0.15, -0.1) is 0 Å². The van der Waals surface area contributed by atoms with Gasteiger partial charge < -0.3 is 9.84 Å². The zero-order valence-electron chi connectivity index (χ0n) is 7.28. The van der Waals surface area contributed by atoms with E-state index in [0.29, 0.717) is 6.61 Å². The number of Topliss-reactive ketones (excluding diaryl/α,β-unsaturated/α-hetero) is 1. The van der Waals surface area contributed by atoms with Crippen LogP contribution in [-0.4, -0.2) is 29.6 Å². The summed E-state index contributed by atoms with van der Waals surface area (Å²) in [7, 11) is 0. The second kappa shape index (κ2) is 2.80. The van der Waals surface area contributed by atoms with Crippen LogP contribution >= 0.6 is 0 Å². The molecule has 1 aliphatic heterocycles. The van der Waals surface area contributed by atoms with E-state index in [9.17, 15) is 9.59 Å². The Morgan fingerprint density at radius 1 is 1.54 bits per heavy atom. The molecule has 0 amide bonds. The van der Waals surface area contributed by atoms with Crippen LogP contribution in [0.3, 0.4) is 0 Å². The van der Waals surface area contributed by atoms with E-state index in [-0.39, 0.29) is 24.7 Å². The van der Waals surface area contributed by atoms with Crippen molar-refractivity contribution in [3.63, 3.8) is 0 Å². The number of ketones is 1. The van der Waals surface area contributed by atoms with E-state index in [0.717, 1.165) is 12.8 Å². The SMILES string of the molecule is O=C1CC(C(=O)O)(C2CCCO2)C1. The third-order valence-electron chi connectivity index (χ3n) is 3.00. The zero-order chi connectivity index (χ0) is 9.47.